The molecule has 1 aromatic carbocycles. The molecular weight excluding hydrogens is 673 g/mol. The van der Waals surface area contributed by atoms with Gasteiger partial charge in [0.15, 0.2) is 0 Å². The standard InChI is InChI=1S/C25H38NO6.3C4H9.Sn/c1-23(2,3)30-20(27)18(15-17-13-11-10-12-14-17)16-19(21(28)31-24(4,5)6)26-22(29)32-25(7,8)9;3*1-3-4-2;/h11-14,18-19H,15-16H2,1-9H3,(H,26,29);3*1,3-4H2,2H3;/t18-,19-;;;;/m0..../s1. The Labute approximate surface area is 279 Å². The summed E-state index contributed by atoms with van der Waals surface area (Å²) in [6, 6.07) is 7.93. The number of amides is 1. The van der Waals surface area contributed by atoms with Crippen molar-refractivity contribution in [1.29, 1.82) is 0 Å². The fourth-order valence-corrected chi connectivity index (χ4v) is 21.5. The maximum atomic E-state index is 13.6. The van der Waals surface area contributed by atoms with Crippen LogP contribution in [0.25, 0.3) is 0 Å². The summed E-state index contributed by atoms with van der Waals surface area (Å²) >= 11 is -2.60. The van der Waals surface area contributed by atoms with E-state index >= 15 is 0 Å². The molecule has 0 aliphatic heterocycles. The Kier molecular flexibility index (Phi) is 17.0. The topological polar surface area (TPSA) is 90.9 Å². The normalized spacial score (nSPS) is 14.0. The van der Waals surface area contributed by atoms with Crippen LogP contribution in [0.2, 0.25) is 13.3 Å². The Morgan fingerprint density at radius 3 is 1.49 bits per heavy atom. The van der Waals surface area contributed by atoms with Crippen LogP contribution in [-0.2, 0) is 30.2 Å². The Hall–Kier alpha value is -1.77. The van der Waals surface area contributed by atoms with Gasteiger partial charge in [-0.25, -0.2) is 0 Å². The first-order chi connectivity index (χ1) is 20.7. The van der Waals surface area contributed by atoms with Crippen molar-refractivity contribution in [3.05, 3.63) is 29.8 Å². The van der Waals surface area contributed by atoms with Gasteiger partial charge in [-0.3, -0.25) is 0 Å². The molecule has 0 unspecified atom stereocenters. The number of ether oxygens (including phenoxy) is 3. The van der Waals surface area contributed by atoms with E-state index in [-0.39, 0.29) is 6.42 Å². The number of benzene rings is 1. The number of esters is 2. The van der Waals surface area contributed by atoms with Gasteiger partial charge < -0.3 is 0 Å². The number of carbonyl (C=O) groups excluding carboxylic acids is 3. The van der Waals surface area contributed by atoms with Crippen LogP contribution in [0, 0.1) is 5.92 Å². The molecule has 2 atom stereocenters. The molecule has 0 radical (unpaired) electrons. The molecule has 258 valence electrons. The minimum atomic E-state index is -2.60. The molecular formula is C37H65NO6Sn. The van der Waals surface area contributed by atoms with Crippen molar-refractivity contribution in [3.8, 4) is 0 Å². The van der Waals surface area contributed by atoms with Crippen LogP contribution < -0.4 is 8.90 Å². The molecule has 0 heterocycles. The van der Waals surface area contributed by atoms with E-state index in [4.69, 9.17) is 14.2 Å². The van der Waals surface area contributed by atoms with Gasteiger partial charge in [-0.2, -0.15) is 0 Å². The zero-order chi connectivity index (χ0) is 34.5. The van der Waals surface area contributed by atoms with Gasteiger partial charge in [0.2, 0.25) is 0 Å². The average Bonchev–Trinajstić information content (AvgIpc) is 2.89. The van der Waals surface area contributed by atoms with Crippen LogP contribution >= 0.6 is 0 Å². The number of nitrogens with one attached hydrogen (secondary N) is 1. The zero-order valence-electron chi connectivity index (χ0n) is 30.7. The molecule has 0 fully saturated rings. The van der Waals surface area contributed by atoms with E-state index in [1.807, 2.05) is 20.8 Å². The number of alkyl carbamates (subject to hydrolysis) is 1. The molecule has 0 bridgehead atoms. The first-order valence-corrected chi connectivity index (χ1v) is 24.8. The fraction of sp³-hybridized carbons (Fsp3) is 0.757. The molecule has 0 aromatic heterocycles. The minimum absolute atomic E-state index is 0.0253. The van der Waals surface area contributed by atoms with Gasteiger partial charge in [-0.15, -0.1) is 0 Å². The van der Waals surface area contributed by atoms with E-state index in [0.717, 1.165) is 5.56 Å². The Morgan fingerprint density at radius 1 is 0.667 bits per heavy atom. The van der Waals surface area contributed by atoms with Gasteiger partial charge in [-0.1, -0.05) is 0 Å². The first-order valence-electron chi connectivity index (χ1n) is 17.3. The van der Waals surface area contributed by atoms with Gasteiger partial charge in [-0.05, 0) is 20.8 Å². The quantitative estimate of drug-likeness (QED) is 0.0976. The molecule has 0 aliphatic carbocycles. The predicted octanol–water partition coefficient (Wildman–Crippen LogP) is 8.87. The van der Waals surface area contributed by atoms with Crippen molar-refractivity contribution in [1.82, 2.24) is 5.32 Å². The molecule has 0 saturated carbocycles. The molecule has 0 saturated heterocycles. The summed E-state index contributed by atoms with van der Waals surface area (Å²) in [6.07, 6.45) is 7.23. The Morgan fingerprint density at radius 2 is 1.09 bits per heavy atom. The van der Waals surface area contributed by atoms with Gasteiger partial charge in [0, 0.05) is 0 Å². The van der Waals surface area contributed by atoms with E-state index in [1.165, 1.54) is 51.8 Å². The van der Waals surface area contributed by atoms with Gasteiger partial charge in [0.1, 0.15) is 0 Å². The number of carbonyl (C=O) groups is 3. The summed E-state index contributed by atoms with van der Waals surface area (Å²) in [5.74, 6) is -1.71. The summed E-state index contributed by atoms with van der Waals surface area (Å²) in [5.41, 5.74) is -1.21. The van der Waals surface area contributed by atoms with E-state index in [0.29, 0.717) is 6.42 Å². The van der Waals surface area contributed by atoms with Crippen LogP contribution in [0.5, 0.6) is 0 Å². The number of rotatable bonds is 17. The van der Waals surface area contributed by atoms with Crippen molar-refractivity contribution in [2.45, 2.75) is 171 Å². The van der Waals surface area contributed by atoms with Crippen LogP contribution in [0.1, 0.15) is 134 Å². The van der Waals surface area contributed by atoms with Crippen LogP contribution in [-0.4, -0.2) is 59.3 Å². The molecule has 0 spiro atoms. The molecule has 7 nitrogen and oxygen atoms in total. The molecule has 1 N–H and O–H groups in total. The monoisotopic (exact) mass is 739 g/mol. The van der Waals surface area contributed by atoms with E-state index < -0.39 is 65.2 Å². The van der Waals surface area contributed by atoms with Crippen molar-refractivity contribution in [2.24, 2.45) is 5.92 Å². The first kappa shape index (κ1) is 41.3. The van der Waals surface area contributed by atoms with Crippen LogP contribution in [0.4, 0.5) is 4.79 Å². The van der Waals surface area contributed by atoms with E-state index in [2.05, 4.69) is 50.4 Å². The Balaban J connectivity index is 3.45. The SMILES string of the molecule is CCC[CH2][Sn]([CH2]CCC)([CH2]CCC)[c]1ccc(C[C@@H](C[C@H](NC(=O)OC(C)(C)C)C(=O)OC(C)(C)C)C(=O)OC(C)(C)C)cc1. The summed E-state index contributed by atoms with van der Waals surface area (Å²) in [6.45, 7) is 23.0. The number of unbranched alkanes of at least 4 members (excludes halogenated alkanes) is 3. The van der Waals surface area contributed by atoms with Crippen LogP contribution in [0.3, 0.4) is 0 Å². The summed E-state index contributed by atoms with van der Waals surface area (Å²) < 4.78 is 22.7. The van der Waals surface area contributed by atoms with Gasteiger partial charge >= 0.3 is 259 Å². The van der Waals surface area contributed by atoms with Gasteiger partial charge in [0.05, 0.1) is 0 Å². The van der Waals surface area contributed by atoms with Crippen molar-refractivity contribution in [2.75, 3.05) is 0 Å². The van der Waals surface area contributed by atoms with E-state index in [1.54, 1.807) is 45.1 Å². The van der Waals surface area contributed by atoms with Crippen molar-refractivity contribution < 1.29 is 28.6 Å². The molecule has 1 amide bonds. The maximum absolute atomic E-state index is 13.6. The summed E-state index contributed by atoms with van der Waals surface area (Å²) in [7, 11) is 0. The molecule has 0 aliphatic rings. The fourth-order valence-electron chi connectivity index (χ4n) is 5.60. The summed E-state index contributed by atoms with van der Waals surface area (Å²) in [5, 5.41) is 2.68. The van der Waals surface area contributed by atoms with Crippen molar-refractivity contribution in [3.63, 3.8) is 0 Å². The second kappa shape index (κ2) is 18.5. The zero-order valence-corrected chi connectivity index (χ0v) is 33.5. The third-order valence-corrected chi connectivity index (χ3v) is 23.4. The molecule has 8 heteroatoms. The predicted molar refractivity (Wildman–Crippen MR) is 188 cm³/mol. The van der Waals surface area contributed by atoms with Crippen molar-refractivity contribution >= 4 is 40.0 Å². The van der Waals surface area contributed by atoms with E-state index in [9.17, 15) is 14.4 Å². The third-order valence-electron chi connectivity index (χ3n) is 7.72. The molecule has 45 heavy (non-hydrogen) atoms. The Bertz CT molecular complexity index is 1030. The van der Waals surface area contributed by atoms with Crippen LogP contribution in [0.15, 0.2) is 24.3 Å². The molecule has 1 rings (SSSR count). The molecule has 1 aromatic rings. The number of hydrogen-bond acceptors (Lipinski definition) is 6. The summed E-state index contributed by atoms with van der Waals surface area (Å²) in [4.78, 5) is 39.7. The van der Waals surface area contributed by atoms with Gasteiger partial charge in [0.25, 0.3) is 0 Å². The number of hydrogen-bond donors (Lipinski definition) is 1. The third kappa shape index (κ3) is 16.6. The average molecular weight is 739 g/mol. The second-order valence-corrected chi connectivity index (χ2v) is 28.9. The second-order valence-electron chi connectivity index (χ2n) is 15.7.